The molecule has 2 heterocycles. The second kappa shape index (κ2) is 5.87. The van der Waals surface area contributed by atoms with Crippen molar-refractivity contribution in [1.29, 1.82) is 0 Å². The van der Waals surface area contributed by atoms with Crippen molar-refractivity contribution in [2.45, 2.75) is 39.8 Å². The van der Waals surface area contributed by atoms with Gasteiger partial charge in [0.2, 0.25) is 0 Å². The Hall–Kier alpha value is -0.550. The first kappa shape index (κ1) is 12.9. The maximum atomic E-state index is 4.62. The smallest absolute Gasteiger partial charge is 0.157 e. The van der Waals surface area contributed by atoms with Gasteiger partial charge in [0.05, 0.1) is 6.54 Å². The molecule has 1 aromatic heterocycles. The highest BCUT2D eigenvalue weighted by Gasteiger charge is 2.19. The fourth-order valence-corrected chi connectivity index (χ4v) is 3.43. The van der Waals surface area contributed by atoms with Crippen molar-refractivity contribution in [2.24, 2.45) is 10.9 Å². The van der Waals surface area contributed by atoms with Crippen molar-refractivity contribution in [3.63, 3.8) is 0 Å². The van der Waals surface area contributed by atoms with Crippen LogP contribution in [0.3, 0.4) is 0 Å². The van der Waals surface area contributed by atoms with Crippen LogP contribution in [0, 0.1) is 12.8 Å². The monoisotopic (exact) mass is 269 g/mol. The number of hydrogen-bond donors (Lipinski definition) is 1. The molecular formula is C12H19N3S2. The van der Waals surface area contributed by atoms with Gasteiger partial charge in [-0.3, -0.25) is 4.99 Å². The van der Waals surface area contributed by atoms with Gasteiger partial charge in [-0.25, -0.2) is 4.98 Å². The van der Waals surface area contributed by atoms with E-state index in [1.165, 1.54) is 17.1 Å². The van der Waals surface area contributed by atoms with Crippen molar-refractivity contribution < 1.29 is 0 Å². The third kappa shape index (κ3) is 3.71. The second-order valence-corrected chi connectivity index (χ2v) is 7.02. The number of thioether (sulfide) groups is 1. The Morgan fingerprint density at radius 1 is 1.59 bits per heavy atom. The van der Waals surface area contributed by atoms with Crippen molar-refractivity contribution >= 4 is 28.3 Å². The molecule has 94 valence electrons. The standard InChI is InChI=1S/C12H19N3S2/c1-8(2)10-4-5-16-12(15-10)14-7-11-13-6-9(3)17-11/h6,8,10H,4-5,7H2,1-3H3,(H,14,15). The van der Waals surface area contributed by atoms with Gasteiger partial charge in [0, 0.05) is 22.9 Å². The molecule has 0 spiro atoms. The van der Waals surface area contributed by atoms with Crippen molar-refractivity contribution in [3.05, 3.63) is 16.1 Å². The first-order chi connectivity index (χ1) is 8.15. The van der Waals surface area contributed by atoms with Crippen LogP contribution in [-0.2, 0) is 6.54 Å². The molecule has 2 rings (SSSR count). The van der Waals surface area contributed by atoms with E-state index in [0.717, 1.165) is 10.2 Å². The molecule has 1 aliphatic rings. The first-order valence-electron chi connectivity index (χ1n) is 6.00. The summed E-state index contributed by atoms with van der Waals surface area (Å²) in [6, 6.07) is 0.577. The SMILES string of the molecule is Cc1cnc(CN=C2NC(C(C)C)CCS2)s1. The molecule has 5 heteroatoms. The van der Waals surface area contributed by atoms with Gasteiger partial charge < -0.3 is 5.32 Å². The number of amidine groups is 1. The minimum atomic E-state index is 0.577. The quantitative estimate of drug-likeness (QED) is 0.916. The average molecular weight is 269 g/mol. The molecule has 0 amide bonds. The molecule has 3 nitrogen and oxygen atoms in total. The highest BCUT2D eigenvalue weighted by Crippen LogP contribution is 2.20. The van der Waals surface area contributed by atoms with E-state index in [4.69, 9.17) is 0 Å². The number of nitrogens with zero attached hydrogens (tertiary/aromatic N) is 2. The van der Waals surface area contributed by atoms with E-state index in [-0.39, 0.29) is 0 Å². The van der Waals surface area contributed by atoms with Gasteiger partial charge >= 0.3 is 0 Å². The van der Waals surface area contributed by atoms with Crippen LogP contribution in [0.25, 0.3) is 0 Å². The Kier molecular flexibility index (Phi) is 4.45. The normalized spacial score (nSPS) is 23.1. The van der Waals surface area contributed by atoms with E-state index in [2.05, 4.69) is 36.1 Å². The third-order valence-corrected chi connectivity index (χ3v) is 4.67. The van der Waals surface area contributed by atoms with E-state index >= 15 is 0 Å². The summed E-state index contributed by atoms with van der Waals surface area (Å²) in [5, 5.41) is 5.71. The molecule has 1 fully saturated rings. The lowest BCUT2D eigenvalue weighted by atomic mass is 10.0. The number of thiazole rings is 1. The molecule has 1 saturated heterocycles. The molecule has 0 saturated carbocycles. The Balaban J connectivity index is 1.93. The van der Waals surface area contributed by atoms with E-state index < -0.39 is 0 Å². The fraction of sp³-hybridized carbons (Fsp3) is 0.667. The summed E-state index contributed by atoms with van der Waals surface area (Å²) in [5.41, 5.74) is 0. The van der Waals surface area contributed by atoms with Gasteiger partial charge in [-0.2, -0.15) is 0 Å². The zero-order valence-electron chi connectivity index (χ0n) is 10.6. The summed E-state index contributed by atoms with van der Waals surface area (Å²) in [4.78, 5) is 10.2. The summed E-state index contributed by atoms with van der Waals surface area (Å²) < 4.78 is 0. The Morgan fingerprint density at radius 3 is 3.06 bits per heavy atom. The predicted octanol–water partition coefficient (Wildman–Crippen LogP) is 3.06. The van der Waals surface area contributed by atoms with Crippen LogP contribution in [0.1, 0.15) is 30.2 Å². The number of aryl methyl sites for hydroxylation is 1. The van der Waals surface area contributed by atoms with Crippen LogP contribution < -0.4 is 5.32 Å². The lowest BCUT2D eigenvalue weighted by Crippen LogP contribution is -2.41. The third-order valence-electron chi connectivity index (χ3n) is 2.81. The maximum Gasteiger partial charge on any atom is 0.157 e. The minimum absolute atomic E-state index is 0.577. The van der Waals surface area contributed by atoms with Crippen molar-refractivity contribution in [2.75, 3.05) is 5.75 Å². The van der Waals surface area contributed by atoms with Crippen LogP contribution in [0.15, 0.2) is 11.2 Å². The molecule has 0 radical (unpaired) electrons. The van der Waals surface area contributed by atoms with Gasteiger partial charge in [-0.15, -0.1) is 11.3 Å². The molecule has 17 heavy (non-hydrogen) atoms. The molecule has 0 bridgehead atoms. The van der Waals surface area contributed by atoms with Crippen LogP contribution in [-0.4, -0.2) is 21.9 Å². The molecule has 1 aromatic rings. The zero-order valence-corrected chi connectivity index (χ0v) is 12.2. The van der Waals surface area contributed by atoms with Crippen molar-refractivity contribution in [3.8, 4) is 0 Å². The van der Waals surface area contributed by atoms with Gasteiger partial charge in [0.15, 0.2) is 5.17 Å². The van der Waals surface area contributed by atoms with Gasteiger partial charge in [0.1, 0.15) is 5.01 Å². The number of rotatable bonds is 3. The highest BCUT2D eigenvalue weighted by atomic mass is 32.2. The van der Waals surface area contributed by atoms with Crippen LogP contribution in [0.2, 0.25) is 0 Å². The molecule has 0 aromatic carbocycles. The van der Waals surface area contributed by atoms with Gasteiger partial charge in [-0.1, -0.05) is 25.6 Å². The minimum Gasteiger partial charge on any atom is -0.362 e. The molecule has 1 unspecified atom stereocenters. The average Bonchev–Trinajstić information content (AvgIpc) is 2.73. The van der Waals surface area contributed by atoms with E-state index in [0.29, 0.717) is 18.5 Å². The van der Waals surface area contributed by atoms with Crippen LogP contribution >= 0.6 is 23.1 Å². The predicted molar refractivity (Wildman–Crippen MR) is 76.8 cm³/mol. The lowest BCUT2D eigenvalue weighted by molar-refractivity contribution is 0.442. The summed E-state index contributed by atoms with van der Waals surface area (Å²) in [7, 11) is 0. The first-order valence-corrected chi connectivity index (χ1v) is 7.80. The largest absolute Gasteiger partial charge is 0.362 e. The van der Waals surface area contributed by atoms with Crippen LogP contribution in [0.4, 0.5) is 0 Å². The van der Waals surface area contributed by atoms with E-state index in [9.17, 15) is 0 Å². The Labute approximate surface area is 111 Å². The summed E-state index contributed by atoms with van der Waals surface area (Å²) in [5.74, 6) is 1.84. The number of hydrogen-bond acceptors (Lipinski definition) is 4. The summed E-state index contributed by atoms with van der Waals surface area (Å²) in [6.07, 6.45) is 3.15. The van der Waals surface area contributed by atoms with Crippen molar-refractivity contribution in [1.82, 2.24) is 10.3 Å². The van der Waals surface area contributed by atoms with Crippen LogP contribution in [0.5, 0.6) is 0 Å². The molecule has 1 atom stereocenters. The molecular weight excluding hydrogens is 250 g/mol. The number of aliphatic imine (C=N–C) groups is 1. The molecule has 1 aliphatic heterocycles. The highest BCUT2D eigenvalue weighted by molar-refractivity contribution is 8.13. The topological polar surface area (TPSA) is 37.3 Å². The number of aromatic nitrogens is 1. The Bertz CT molecular complexity index is 398. The van der Waals surface area contributed by atoms with Gasteiger partial charge in [-0.05, 0) is 19.3 Å². The maximum absolute atomic E-state index is 4.62. The second-order valence-electron chi connectivity index (χ2n) is 4.62. The zero-order chi connectivity index (χ0) is 12.3. The van der Waals surface area contributed by atoms with Gasteiger partial charge in [0.25, 0.3) is 0 Å². The van der Waals surface area contributed by atoms with E-state index in [1.807, 2.05) is 18.0 Å². The molecule has 0 aliphatic carbocycles. The van der Waals surface area contributed by atoms with E-state index in [1.54, 1.807) is 11.3 Å². The number of nitrogens with one attached hydrogen (secondary N) is 1. The fourth-order valence-electron chi connectivity index (χ4n) is 1.76. The molecule has 1 N–H and O–H groups in total. The summed E-state index contributed by atoms with van der Waals surface area (Å²) in [6.45, 7) is 7.31. The summed E-state index contributed by atoms with van der Waals surface area (Å²) >= 11 is 3.55. The lowest BCUT2D eigenvalue weighted by Gasteiger charge is -2.28. The Morgan fingerprint density at radius 2 is 2.41 bits per heavy atom.